The number of likely N-dealkylation sites (tertiary alicyclic amines) is 1. The number of rotatable bonds is 5. The lowest BCUT2D eigenvalue weighted by molar-refractivity contribution is -0.0204. The third kappa shape index (κ3) is 4.40. The Hall–Kier alpha value is -0.120. The van der Waals surface area contributed by atoms with Gasteiger partial charge in [-0.2, -0.15) is 0 Å². The molecule has 1 heterocycles. The molecule has 0 aliphatic carbocycles. The van der Waals surface area contributed by atoms with Crippen molar-refractivity contribution in [2.24, 2.45) is 11.8 Å². The van der Waals surface area contributed by atoms with Gasteiger partial charge in [0.1, 0.15) is 6.23 Å². The van der Waals surface area contributed by atoms with E-state index in [1.54, 1.807) is 0 Å². The predicted octanol–water partition coefficient (Wildman–Crippen LogP) is 1.67. The maximum Gasteiger partial charge on any atom is 0.119 e. The van der Waals surface area contributed by atoms with E-state index in [1.807, 2.05) is 0 Å². The van der Waals surface area contributed by atoms with Crippen LogP contribution in [0, 0.1) is 11.8 Å². The quantitative estimate of drug-likeness (QED) is 0.751. The maximum atomic E-state index is 10.0. The second kappa shape index (κ2) is 6.58. The van der Waals surface area contributed by atoms with Gasteiger partial charge in [-0.25, -0.2) is 0 Å². The van der Waals surface area contributed by atoms with Gasteiger partial charge in [0, 0.05) is 25.7 Å². The number of hydrogen-bond acceptors (Lipinski definition) is 3. The lowest BCUT2D eigenvalue weighted by Crippen LogP contribution is -2.47. The minimum atomic E-state index is -0.310. The van der Waals surface area contributed by atoms with E-state index in [0.29, 0.717) is 12.6 Å². The summed E-state index contributed by atoms with van der Waals surface area (Å²) in [4.78, 5) is 2.20. The number of hydrogen-bond donors (Lipinski definition) is 2. The molecule has 16 heavy (non-hydrogen) atoms. The highest BCUT2D eigenvalue weighted by Gasteiger charge is 2.25. The van der Waals surface area contributed by atoms with Crippen molar-refractivity contribution in [3.63, 3.8) is 0 Å². The summed E-state index contributed by atoms with van der Waals surface area (Å²) < 4.78 is 0. The van der Waals surface area contributed by atoms with Gasteiger partial charge >= 0.3 is 0 Å². The summed E-state index contributed by atoms with van der Waals surface area (Å²) in [5.41, 5.74) is 0. The zero-order valence-electron chi connectivity index (χ0n) is 11.2. The molecule has 1 atom stereocenters. The maximum absolute atomic E-state index is 10.0. The summed E-state index contributed by atoms with van der Waals surface area (Å²) >= 11 is 0. The van der Waals surface area contributed by atoms with Crippen molar-refractivity contribution in [2.45, 2.75) is 52.8 Å². The highest BCUT2D eigenvalue weighted by molar-refractivity contribution is 4.76. The fourth-order valence-electron chi connectivity index (χ4n) is 2.35. The third-order valence-electron chi connectivity index (χ3n) is 3.65. The van der Waals surface area contributed by atoms with E-state index in [0.717, 1.165) is 24.9 Å². The molecule has 0 aromatic carbocycles. The smallest absolute Gasteiger partial charge is 0.119 e. The predicted molar refractivity (Wildman–Crippen MR) is 68.3 cm³/mol. The van der Waals surface area contributed by atoms with E-state index >= 15 is 0 Å². The summed E-state index contributed by atoms with van der Waals surface area (Å²) in [5.74, 6) is 1.63. The normalized spacial score (nSPS) is 21.9. The molecule has 3 nitrogen and oxygen atoms in total. The van der Waals surface area contributed by atoms with Gasteiger partial charge in [0.05, 0.1) is 0 Å². The molecule has 1 aliphatic rings. The van der Waals surface area contributed by atoms with Gasteiger partial charge in [-0.05, 0) is 24.7 Å². The molecule has 1 saturated heterocycles. The Balaban J connectivity index is 2.24. The van der Waals surface area contributed by atoms with Crippen LogP contribution in [-0.2, 0) is 0 Å². The number of nitrogens with one attached hydrogen (secondary N) is 1. The Bertz CT molecular complexity index is 186. The summed E-state index contributed by atoms with van der Waals surface area (Å²) in [6.45, 7) is 11.6. The Morgan fingerprint density at radius 1 is 1.19 bits per heavy atom. The van der Waals surface area contributed by atoms with E-state index in [4.69, 9.17) is 0 Å². The molecule has 0 saturated carbocycles. The van der Waals surface area contributed by atoms with Crippen LogP contribution in [0.25, 0.3) is 0 Å². The lowest BCUT2D eigenvalue weighted by atomic mass is 9.86. The highest BCUT2D eigenvalue weighted by Crippen LogP contribution is 2.24. The standard InChI is InChI=1S/C13H28N2O/c1-10(2)12-5-7-15(8-6-12)13(16)9-14-11(3)4/h10-14,16H,5-9H2,1-4H3. The summed E-state index contributed by atoms with van der Waals surface area (Å²) in [6, 6.07) is 0.447. The SMILES string of the molecule is CC(C)NCC(O)N1CCC(C(C)C)CC1. The Morgan fingerprint density at radius 3 is 2.19 bits per heavy atom. The lowest BCUT2D eigenvalue weighted by Gasteiger charge is -2.36. The van der Waals surface area contributed by atoms with Gasteiger partial charge in [-0.1, -0.05) is 27.7 Å². The minimum Gasteiger partial charge on any atom is -0.377 e. The van der Waals surface area contributed by atoms with Crippen LogP contribution < -0.4 is 5.32 Å². The Kier molecular flexibility index (Phi) is 5.73. The average molecular weight is 228 g/mol. The molecule has 2 N–H and O–H groups in total. The molecule has 1 fully saturated rings. The average Bonchev–Trinajstić information content (AvgIpc) is 2.26. The third-order valence-corrected chi connectivity index (χ3v) is 3.65. The zero-order valence-corrected chi connectivity index (χ0v) is 11.2. The van der Waals surface area contributed by atoms with Crippen molar-refractivity contribution in [3.05, 3.63) is 0 Å². The van der Waals surface area contributed by atoms with Gasteiger partial charge in [-0.3, -0.25) is 4.90 Å². The second-order valence-corrected chi connectivity index (χ2v) is 5.66. The number of aliphatic hydroxyl groups is 1. The van der Waals surface area contributed by atoms with Gasteiger partial charge < -0.3 is 10.4 Å². The summed E-state index contributed by atoms with van der Waals surface area (Å²) in [6.07, 6.45) is 2.16. The molecule has 0 spiro atoms. The second-order valence-electron chi connectivity index (χ2n) is 5.66. The van der Waals surface area contributed by atoms with Gasteiger partial charge in [0.25, 0.3) is 0 Å². The summed E-state index contributed by atoms with van der Waals surface area (Å²) in [7, 11) is 0. The van der Waals surface area contributed by atoms with Crippen molar-refractivity contribution < 1.29 is 5.11 Å². The molecule has 0 bridgehead atoms. The highest BCUT2D eigenvalue weighted by atomic mass is 16.3. The first-order valence-corrected chi connectivity index (χ1v) is 6.66. The van der Waals surface area contributed by atoms with Crippen LogP contribution >= 0.6 is 0 Å². The van der Waals surface area contributed by atoms with E-state index in [-0.39, 0.29) is 6.23 Å². The van der Waals surface area contributed by atoms with Crippen LogP contribution in [0.2, 0.25) is 0 Å². The van der Waals surface area contributed by atoms with Crippen molar-refractivity contribution in [1.82, 2.24) is 10.2 Å². The molecular formula is C13H28N2O. The van der Waals surface area contributed by atoms with E-state index < -0.39 is 0 Å². The largest absolute Gasteiger partial charge is 0.377 e. The van der Waals surface area contributed by atoms with Crippen molar-refractivity contribution in [1.29, 1.82) is 0 Å². The van der Waals surface area contributed by atoms with Crippen molar-refractivity contribution >= 4 is 0 Å². The van der Waals surface area contributed by atoms with E-state index in [9.17, 15) is 5.11 Å². The molecule has 0 amide bonds. The van der Waals surface area contributed by atoms with Crippen LogP contribution in [0.5, 0.6) is 0 Å². The Labute approximate surface area is 100 Å². The molecule has 1 rings (SSSR count). The van der Waals surface area contributed by atoms with Crippen LogP contribution in [-0.4, -0.2) is 41.9 Å². The Morgan fingerprint density at radius 2 is 1.75 bits per heavy atom. The molecule has 0 aromatic rings. The van der Waals surface area contributed by atoms with Gasteiger partial charge in [0.15, 0.2) is 0 Å². The molecule has 0 aromatic heterocycles. The molecule has 1 aliphatic heterocycles. The first-order valence-electron chi connectivity index (χ1n) is 6.66. The van der Waals surface area contributed by atoms with Gasteiger partial charge in [-0.15, -0.1) is 0 Å². The van der Waals surface area contributed by atoms with Crippen molar-refractivity contribution in [2.75, 3.05) is 19.6 Å². The monoisotopic (exact) mass is 228 g/mol. The van der Waals surface area contributed by atoms with Gasteiger partial charge in [0.2, 0.25) is 0 Å². The first-order chi connectivity index (χ1) is 7.50. The van der Waals surface area contributed by atoms with Crippen LogP contribution in [0.1, 0.15) is 40.5 Å². The van der Waals surface area contributed by atoms with E-state index in [1.165, 1.54) is 12.8 Å². The molecule has 1 unspecified atom stereocenters. The number of nitrogens with zero attached hydrogens (tertiary/aromatic N) is 1. The van der Waals surface area contributed by atoms with Crippen LogP contribution in [0.4, 0.5) is 0 Å². The fraction of sp³-hybridized carbons (Fsp3) is 1.00. The van der Waals surface area contributed by atoms with Crippen LogP contribution in [0.3, 0.4) is 0 Å². The molecule has 0 radical (unpaired) electrons. The summed E-state index contributed by atoms with van der Waals surface area (Å²) in [5, 5.41) is 13.3. The van der Waals surface area contributed by atoms with Crippen LogP contribution in [0.15, 0.2) is 0 Å². The molecule has 3 heteroatoms. The fourth-order valence-corrected chi connectivity index (χ4v) is 2.35. The number of piperidine rings is 1. The molecule has 96 valence electrons. The number of aliphatic hydroxyl groups excluding tert-OH is 1. The molecular weight excluding hydrogens is 200 g/mol. The first kappa shape index (κ1) is 13.9. The van der Waals surface area contributed by atoms with Crippen molar-refractivity contribution in [3.8, 4) is 0 Å². The van der Waals surface area contributed by atoms with E-state index in [2.05, 4.69) is 37.9 Å². The zero-order chi connectivity index (χ0) is 12.1. The topological polar surface area (TPSA) is 35.5 Å². The minimum absolute atomic E-state index is 0.310.